The van der Waals surface area contributed by atoms with Gasteiger partial charge in [0.1, 0.15) is 5.75 Å². The standard InChI is InChI=1S/C20H26N2O3S/c1-14-15(2)20(10-9-19(14)25-3)26(23,24)22-12-17(11-21)18(13-22)16-7-5-4-6-8-16/h4-10,17-18H,11-13,21H2,1-3H3/t17-,18+/m1/s1. The van der Waals surface area contributed by atoms with Crippen LogP contribution in [0.4, 0.5) is 0 Å². The van der Waals surface area contributed by atoms with Gasteiger partial charge in [0.25, 0.3) is 0 Å². The van der Waals surface area contributed by atoms with Crippen LogP contribution in [-0.2, 0) is 10.0 Å². The first-order valence-electron chi connectivity index (χ1n) is 8.79. The fourth-order valence-electron chi connectivity index (χ4n) is 3.76. The van der Waals surface area contributed by atoms with Crippen LogP contribution in [0.1, 0.15) is 22.6 Å². The lowest BCUT2D eigenvalue weighted by atomic mass is 9.89. The molecule has 0 aliphatic carbocycles. The average Bonchev–Trinajstić information content (AvgIpc) is 3.09. The van der Waals surface area contributed by atoms with E-state index in [1.807, 2.05) is 44.2 Å². The van der Waals surface area contributed by atoms with Gasteiger partial charge >= 0.3 is 0 Å². The molecule has 5 nitrogen and oxygen atoms in total. The van der Waals surface area contributed by atoms with Crippen LogP contribution in [-0.4, -0.2) is 39.5 Å². The third-order valence-corrected chi connectivity index (χ3v) is 7.44. The van der Waals surface area contributed by atoms with E-state index >= 15 is 0 Å². The molecule has 0 radical (unpaired) electrons. The molecule has 2 N–H and O–H groups in total. The molecule has 0 aromatic heterocycles. The van der Waals surface area contributed by atoms with Gasteiger partial charge in [0.15, 0.2) is 0 Å². The second kappa shape index (κ2) is 7.39. The SMILES string of the molecule is COc1ccc(S(=O)(=O)N2C[C@@H](CN)[C@H](c3ccccc3)C2)c(C)c1C. The summed E-state index contributed by atoms with van der Waals surface area (Å²) in [4.78, 5) is 0.347. The Kier molecular flexibility index (Phi) is 5.37. The third-order valence-electron chi connectivity index (χ3n) is 5.46. The van der Waals surface area contributed by atoms with Crippen LogP contribution < -0.4 is 10.5 Å². The number of ether oxygens (including phenoxy) is 1. The van der Waals surface area contributed by atoms with Crippen molar-refractivity contribution in [1.29, 1.82) is 0 Å². The summed E-state index contributed by atoms with van der Waals surface area (Å²) < 4.78 is 33.5. The molecule has 2 aromatic carbocycles. The summed E-state index contributed by atoms with van der Waals surface area (Å²) in [6.45, 7) is 5.08. The second-order valence-corrected chi connectivity index (χ2v) is 8.76. The molecule has 1 aliphatic heterocycles. The van der Waals surface area contributed by atoms with Crippen molar-refractivity contribution in [3.05, 3.63) is 59.2 Å². The van der Waals surface area contributed by atoms with Crippen LogP contribution in [0, 0.1) is 19.8 Å². The second-order valence-electron chi connectivity index (χ2n) is 6.85. The van der Waals surface area contributed by atoms with E-state index in [9.17, 15) is 8.42 Å². The fourth-order valence-corrected chi connectivity index (χ4v) is 5.56. The molecule has 26 heavy (non-hydrogen) atoms. The maximum Gasteiger partial charge on any atom is 0.243 e. The Morgan fingerprint density at radius 3 is 2.38 bits per heavy atom. The summed E-state index contributed by atoms with van der Waals surface area (Å²) in [6.07, 6.45) is 0. The van der Waals surface area contributed by atoms with E-state index in [2.05, 4.69) is 0 Å². The number of nitrogens with zero attached hydrogens (tertiary/aromatic N) is 1. The zero-order valence-corrected chi connectivity index (χ0v) is 16.3. The van der Waals surface area contributed by atoms with Gasteiger partial charge in [-0.05, 0) is 55.1 Å². The van der Waals surface area contributed by atoms with E-state index in [1.54, 1.807) is 23.5 Å². The van der Waals surface area contributed by atoms with Crippen molar-refractivity contribution in [1.82, 2.24) is 4.31 Å². The summed E-state index contributed by atoms with van der Waals surface area (Å²) in [5.74, 6) is 0.937. The number of methoxy groups -OCH3 is 1. The van der Waals surface area contributed by atoms with E-state index in [0.29, 0.717) is 30.3 Å². The topological polar surface area (TPSA) is 72.6 Å². The Morgan fingerprint density at radius 1 is 1.08 bits per heavy atom. The average molecular weight is 375 g/mol. The van der Waals surface area contributed by atoms with Gasteiger partial charge in [-0.15, -0.1) is 0 Å². The van der Waals surface area contributed by atoms with Crippen LogP contribution in [0.5, 0.6) is 5.75 Å². The Morgan fingerprint density at radius 2 is 1.77 bits per heavy atom. The molecule has 3 rings (SSSR count). The van der Waals surface area contributed by atoms with Crippen LogP contribution in [0.2, 0.25) is 0 Å². The van der Waals surface area contributed by atoms with Crippen molar-refractivity contribution in [3.63, 3.8) is 0 Å². The third kappa shape index (κ3) is 3.24. The molecule has 0 bridgehead atoms. The lowest BCUT2D eigenvalue weighted by Gasteiger charge is -2.20. The summed E-state index contributed by atoms with van der Waals surface area (Å²) in [7, 11) is -1.99. The van der Waals surface area contributed by atoms with Gasteiger partial charge in [0, 0.05) is 19.0 Å². The molecule has 2 aromatic rings. The quantitative estimate of drug-likeness (QED) is 0.873. The monoisotopic (exact) mass is 374 g/mol. The highest BCUT2D eigenvalue weighted by molar-refractivity contribution is 7.89. The lowest BCUT2D eigenvalue weighted by Crippen LogP contribution is -2.30. The molecular formula is C20H26N2O3S. The minimum atomic E-state index is -3.58. The molecule has 0 amide bonds. The highest BCUT2D eigenvalue weighted by Crippen LogP contribution is 2.37. The first-order valence-corrected chi connectivity index (χ1v) is 10.2. The van der Waals surface area contributed by atoms with Gasteiger partial charge in [-0.25, -0.2) is 8.42 Å². The van der Waals surface area contributed by atoms with E-state index in [0.717, 1.165) is 16.7 Å². The molecule has 1 heterocycles. The van der Waals surface area contributed by atoms with E-state index in [-0.39, 0.29) is 11.8 Å². The number of sulfonamides is 1. The van der Waals surface area contributed by atoms with Crippen LogP contribution >= 0.6 is 0 Å². The van der Waals surface area contributed by atoms with E-state index < -0.39 is 10.0 Å². The van der Waals surface area contributed by atoms with E-state index in [4.69, 9.17) is 10.5 Å². The minimum Gasteiger partial charge on any atom is -0.496 e. The lowest BCUT2D eigenvalue weighted by molar-refractivity contribution is 0.410. The maximum atomic E-state index is 13.3. The Labute approximate surface area is 155 Å². The van der Waals surface area contributed by atoms with Crippen molar-refractivity contribution >= 4 is 10.0 Å². The summed E-state index contributed by atoms with van der Waals surface area (Å²) in [5.41, 5.74) is 8.68. The Hall–Kier alpha value is -1.89. The minimum absolute atomic E-state index is 0.117. The molecule has 1 saturated heterocycles. The van der Waals surface area contributed by atoms with Crippen LogP contribution in [0.3, 0.4) is 0 Å². The zero-order valence-electron chi connectivity index (χ0n) is 15.5. The van der Waals surface area contributed by atoms with Crippen molar-refractivity contribution in [3.8, 4) is 5.75 Å². The van der Waals surface area contributed by atoms with E-state index in [1.165, 1.54) is 0 Å². The highest BCUT2D eigenvalue weighted by atomic mass is 32.2. The fraction of sp³-hybridized carbons (Fsp3) is 0.400. The van der Waals surface area contributed by atoms with Gasteiger partial charge in [-0.3, -0.25) is 0 Å². The molecule has 0 unspecified atom stereocenters. The number of hydrogen-bond acceptors (Lipinski definition) is 4. The van der Waals surface area contributed by atoms with Crippen molar-refractivity contribution in [2.75, 3.05) is 26.7 Å². The van der Waals surface area contributed by atoms with Gasteiger partial charge in [-0.2, -0.15) is 4.31 Å². The molecule has 6 heteroatoms. The first-order chi connectivity index (χ1) is 12.4. The smallest absolute Gasteiger partial charge is 0.243 e. The molecule has 0 spiro atoms. The van der Waals surface area contributed by atoms with Crippen molar-refractivity contribution < 1.29 is 13.2 Å². The molecule has 0 saturated carbocycles. The molecule has 1 aliphatic rings. The molecule has 1 fully saturated rings. The van der Waals surface area contributed by atoms with Crippen LogP contribution in [0.25, 0.3) is 0 Å². The largest absolute Gasteiger partial charge is 0.496 e. The van der Waals surface area contributed by atoms with Gasteiger partial charge in [-0.1, -0.05) is 30.3 Å². The molecule has 140 valence electrons. The number of hydrogen-bond donors (Lipinski definition) is 1. The number of rotatable bonds is 5. The molecular weight excluding hydrogens is 348 g/mol. The van der Waals surface area contributed by atoms with Gasteiger partial charge < -0.3 is 10.5 Å². The molecule has 2 atom stereocenters. The normalized spacial score (nSPS) is 21.1. The first kappa shape index (κ1) is 18.9. The Balaban J connectivity index is 1.95. The van der Waals surface area contributed by atoms with Crippen molar-refractivity contribution in [2.45, 2.75) is 24.7 Å². The number of nitrogens with two attached hydrogens (primary N) is 1. The predicted octanol–water partition coefficient (Wildman–Crippen LogP) is 2.68. The summed E-state index contributed by atoms with van der Waals surface area (Å²) >= 11 is 0. The summed E-state index contributed by atoms with van der Waals surface area (Å²) in [5, 5.41) is 0. The van der Waals surface area contributed by atoms with Crippen LogP contribution in [0.15, 0.2) is 47.4 Å². The van der Waals surface area contributed by atoms with Gasteiger partial charge in [0.05, 0.1) is 12.0 Å². The Bertz CT molecular complexity index is 881. The zero-order chi connectivity index (χ0) is 18.9. The predicted molar refractivity (Wildman–Crippen MR) is 103 cm³/mol. The maximum absolute atomic E-state index is 13.3. The van der Waals surface area contributed by atoms with Crippen molar-refractivity contribution in [2.24, 2.45) is 11.7 Å². The summed E-state index contributed by atoms with van der Waals surface area (Å²) in [6, 6.07) is 13.4. The highest BCUT2D eigenvalue weighted by Gasteiger charge is 2.40. The number of benzene rings is 2. The van der Waals surface area contributed by atoms with Gasteiger partial charge in [0.2, 0.25) is 10.0 Å².